The van der Waals surface area contributed by atoms with Gasteiger partial charge >= 0.3 is 0 Å². The maximum Gasteiger partial charge on any atom is 0.264 e. The minimum Gasteiger partial charge on any atom is -0.322 e. The Labute approximate surface area is 251 Å². The van der Waals surface area contributed by atoms with Gasteiger partial charge < -0.3 is 5.32 Å². The summed E-state index contributed by atoms with van der Waals surface area (Å²) in [6.07, 6.45) is 1.47. The summed E-state index contributed by atoms with van der Waals surface area (Å²) >= 11 is 0. The number of aromatic nitrogens is 1. The lowest BCUT2D eigenvalue weighted by Gasteiger charge is -2.26. The molecule has 1 amide bonds. The zero-order valence-electron chi connectivity index (χ0n) is 23.1. The molecular formula is C32H28N4O5S2. The average molecular weight is 613 g/mol. The minimum atomic E-state index is -4.07. The van der Waals surface area contributed by atoms with Gasteiger partial charge in [-0.3, -0.25) is 13.8 Å². The van der Waals surface area contributed by atoms with E-state index in [0.29, 0.717) is 5.69 Å². The number of aryl methyl sites for hydroxylation is 1. The second-order valence-electron chi connectivity index (χ2n) is 9.63. The molecule has 2 N–H and O–H groups in total. The Morgan fingerprint density at radius 1 is 0.721 bits per heavy atom. The minimum absolute atomic E-state index is 0.00281. The van der Waals surface area contributed by atoms with Crippen LogP contribution in [0.25, 0.3) is 0 Å². The molecule has 5 rings (SSSR count). The van der Waals surface area contributed by atoms with E-state index in [1.54, 1.807) is 60.7 Å². The van der Waals surface area contributed by atoms with Crippen LogP contribution in [0.1, 0.15) is 21.5 Å². The van der Waals surface area contributed by atoms with Crippen molar-refractivity contribution in [3.63, 3.8) is 0 Å². The number of carbonyl (C=O) groups excluding carboxylic acids is 1. The van der Waals surface area contributed by atoms with Gasteiger partial charge in [0.2, 0.25) is 0 Å². The third-order valence-corrected chi connectivity index (χ3v) is 9.67. The molecule has 5 aromatic rings. The van der Waals surface area contributed by atoms with E-state index < -0.39 is 26.0 Å². The second-order valence-corrected chi connectivity index (χ2v) is 13.2. The van der Waals surface area contributed by atoms with Crippen molar-refractivity contribution in [2.24, 2.45) is 0 Å². The predicted molar refractivity (Wildman–Crippen MR) is 167 cm³/mol. The Bertz CT molecular complexity index is 1930. The summed E-state index contributed by atoms with van der Waals surface area (Å²) in [5.41, 5.74) is 2.31. The maximum absolute atomic E-state index is 14.0. The molecule has 0 aliphatic carbocycles. The lowest BCUT2D eigenvalue weighted by molar-refractivity contribution is 0.102. The number of amides is 1. The van der Waals surface area contributed by atoms with E-state index in [2.05, 4.69) is 15.0 Å². The molecule has 0 aliphatic heterocycles. The molecule has 0 atom stereocenters. The topological polar surface area (TPSA) is 126 Å². The van der Waals surface area contributed by atoms with Crippen LogP contribution in [0.5, 0.6) is 0 Å². The van der Waals surface area contributed by atoms with Crippen molar-refractivity contribution in [2.75, 3.05) is 14.3 Å². The van der Waals surface area contributed by atoms with Crippen LogP contribution in [-0.2, 0) is 26.6 Å². The van der Waals surface area contributed by atoms with Gasteiger partial charge in [0.05, 0.1) is 27.6 Å². The van der Waals surface area contributed by atoms with Crippen LogP contribution in [0.15, 0.2) is 137 Å². The lowest BCUT2D eigenvalue weighted by Crippen LogP contribution is -2.32. The van der Waals surface area contributed by atoms with E-state index in [9.17, 15) is 21.6 Å². The van der Waals surface area contributed by atoms with E-state index >= 15 is 0 Å². The monoisotopic (exact) mass is 612 g/mol. The number of nitrogens with one attached hydrogen (secondary N) is 2. The standard InChI is InChI=1S/C32H28N4O5S2/c1-24-14-18-28(19-15-24)43(40,41)36(23-25-9-3-2-4-10-25)30-12-6-5-11-29(30)32(37)34-26-16-20-27(21-17-26)42(38,39)35-31-13-7-8-22-33-31/h2-22H,23H2,1H3,(H,33,35)(H,34,37). The summed E-state index contributed by atoms with van der Waals surface area (Å²) in [4.78, 5) is 17.6. The highest BCUT2D eigenvalue weighted by atomic mass is 32.2. The first-order chi connectivity index (χ1) is 20.6. The molecule has 0 unspecified atom stereocenters. The number of hydrogen-bond donors (Lipinski definition) is 2. The molecule has 1 heterocycles. The quantitative estimate of drug-likeness (QED) is 0.204. The van der Waals surface area contributed by atoms with Gasteiger partial charge in [-0.1, -0.05) is 66.2 Å². The maximum atomic E-state index is 14.0. The Morgan fingerprint density at radius 3 is 2.02 bits per heavy atom. The van der Waals surface area contributed by atoms with Crippen molar-refractivity contribution < 1.29 is 21.6 Å². The normalized spacial score (nSPS) is 11.5. The van der Waals surface area contributed by atoms with Gasteiger partial charge in [0, 0.05) is 11.9 Å². The first kappa shape index (κ1) is 29.5. The van der Waals surface area contributed by atoms with Crippen LogP contribution in [0.4, 0.5) is 17.2 Å². The van der Waals surface area contributed by atoms with Crippen molar-refractivity contribution in [1.82, 2.24) is 4.98 Å². The zero-order valence-corrected chi connectivity index (χ0v) is 24.7. The number of pyridine rings is 1. The van der Waals surface area contributed by atoms with Crippen molar-refractivity contribution in [3.05, 3.63) is 144 Å². The molecule has 43 heavy (non-hydrogen) atoms. The Kier molecular flexibility index (Phi) is 8.56. The smallest absolute Gasteiger partial charge is 0.264 e. The van der Waals surface area contributed by atoms with Crippen LogP contribution in [0.2, 0.25) is 0 Å². The molecule has 1 aromatic heterocycles. The largest absolute Gasteiger partial charge is 0.322 e. The highest BCUT2D eigenvalue weighted by molar-refractivity contribution is 7.93. The number of nitrogens with zero attached hydrogens (tertiary/aromatic N) is 2. The van der Waals surface area contributed by atoms with Gasteiger partial charge in [-0.05, 0) is 73.2 Å². The van der Waals surface area contributed by atoms with Gasteiger partial charge in [-0.25, -0.2) is 21.8 Å². The van der Waals surface area contributed by atoms with Crippen molar-refractivity contribution in [3.8, 4) is 0 Å². The van der Waals surface area contributed by atoms with Crippen molar-refractivity contribution >= 4 is 43.1 Å². The van der Waals surface area contributed by atoms with E-state index in [-0.39, 0.29) is 33.4 Å². The summed E-state index contributed by atoms with van der Waals surface area (Å²) in [6, 6.07) is 32.6. The Morgan fingerprint density at radius 2 is 1.35 bits per heavy atom. The van der Waals surface area contributed by atoms with Gasteiger partial charge in [0.25, 0.3) is 26.0 Å². The Balaban J connectivity index is 1.44. The molecule has 0 fully saturated rings. The van der Waals surface area contributed by atoms with Crippen LogP contribution in [-0.4, -0.2) is 27.7 Å². The molecule has 0 aliphatic rings. The van der Waals surface area contributed by atoms with Crippen LogP contribution in [0.3, 0.4) is 0 Å². The molecule has 0 spiro atoms. The van der Waals surface area contributed by atoms with Crippen molar-refractivity contribution in [2.45, 2.75) is 23.3 Å². The number of para-hydroxylation sites is 1. The number of benzene rings is 4. The first-order valence-electron chi connectivity index (χ1n) is 13.2. The van der Waals surface area contributed by atoms with Crippen LogP contribution in [0, 0.1) is 6.92 Å². The van der Waals surface area contributed by atoms with Gasteiger partial charge in [0.1, 0.15) is 5.82 Å². The van der Waals surface area contributed by atoms with Gasteiger partial charge in [-0.15, -0.1) is 0 Å². The Hall–Kier alpha value is -5.00. The lowest BCUT2D eigenvalue weighted by atomic mass is 10.1. The van der Waals surface area contributed by atoms with E-state index in [1.807, 2.05) is 37.3 Å². The molecule has 0 radical (unpaired) electrons. The van der Waals surface area contributed by atoms with E-state index in [1.165, 1.54) is 40.8 Å². The van der Waals surface area contributed by atoms with Gasteiger partial charge in [0.15, 0.2) is 0 Å². The molecule has 0 saturated carbocycles. The summed E-state index contributed by atoms with van der Waals surface area (Å²) in [5.74, 6) is -0.382. The number of sulfonamides is 2. The van der Waals surface area contributed by atoms with Gasteiger partial charge in [-0.2, -0.15) is 0 Å². The molecule has 218 valence electrons. The van der Waals surface area contributed by atoms with E-state index in [0.717, 1.165) is 11.1 Å². The second kappa shape index (κ2) is 12.5. The van der Waals surface area contributed by atoms with Crippen LogP contribution >= 0.6 is 0 Å². The third kappa shape index (κ3) is 6.91. The zero-order chi connectivity index (χ0) is 30.5. The number of carbonyl (C=O) groups is 1. The SMILES string of the molecule is Cc1ccc(S(=O)(=O)N(Cc2ccccc2)c2ccccc2C(=O)Nc2ccc(S(=O)(=O)Nc3ccccn3)cc2)cc1. The summed E-state index contributed by atoms with van der Waals surface area (Å²) in [7, 11) is -7.97. The summed E-state index contributed by atoms with van der Waals surface area (Å²) < 4.78 is 57.1. The highest BCUT2D eigenvalue weighted by Crippen LogP contribution is 2.30. The predicted octanol–water partition coefficient (Wildman–Crippen LogP) is 5.84. The molecule has 11 heteroatoms. The molecular weight excluding hydrogens is 585 g/mol. The molecule has 9 nitrogen and oxygen atoms in total. The van der Waals surface area contributed by atoms with Crippen LogP contribution < -0.4 is 14.3 Å². The summed E-state index contributed by atoms with van der Waals surface area (Å²) in [5, 5.41) is 2.76. The fraction of sp³-hybridized carbons (Fsp3) is 0.0625. The fourth-order valence-corrected chi connectivity index (χ4v) is 6.79. The third-order valence-electron chi connectivity index (χ3n) is 6.52. The average Bonchev–Trinajstić information content (AvgIpc) is 3.01. The summed E-state index contributed by atoms with van der Waals surface area (Å²) in [6.45, 7) is 1.87. The van der Waals surface area contributed by atoms with E-state index in [4.69, 9.17) is 0 Å². The molecule has 0 saturated heterocycles. The number of hydrogen-bond acceptors (Lipinski definition) is 6. The van der Waals surface area contributed by atoms with Crippen molar-refractivity contribution in [1.29, 1.82) is 0 Å². The number of anilines is 3. The number of rotatable bonds is 10. The molecule has 4 aromatic carbocycles. The highest BCUT2D eigenvalue weighted by Gasteiger charge is 2.29. The fourth-order valence-electron chi connectivity index (χ4n) is 4.31. The molecule has 0 bridgehead atoms. The first-order valence-corrected chi connectivity index (χ1v) is 16.1.